The molecule has 4 rings (SSSR count). The van der Waals surface area contributed by atoms with Gasteiger partial charge in [-0.25, -0.2) is 4.39 Å². The van der Waals surface area contributed by atoms with Crippen LogP contribution in [0.4, 0.5) is 4.39 Å². The largest absolute Gasteiger partial charge is 0.493 e. The minimum atomic E-state index is -0.261. The molecular weight excluding hydrogens is 471 g/mol. The molecule has 6 nitrogen and oxygen atoms in total. The van der Waals surface area contributed by atoms with E-state index in [9.17, 15) is 9.18 Å². The lowest BCUT2D eigenvalue weighted by Gasteiger charge is -2.39. The first kappa shape index (κ1) is 27.6. The van der Waals surface area contributed by atoms with Crippen molar-refractivity contribution in [3.63, 3.8) is 0 Å². The highest BCUT2D eigenvalue weighted by Gasteiger charge is 2.28. The molecule has 0 bridgehead atoms. The van der Waals surface area contributed by atoms with E-state index in [1.807, 2.05) is 29.2 Å². The average Bonchev–Trinajstić information content (AvgIpc) is 2.92. The van der Waals surface area contributed by atoms with E-state index in [4.69, 9.17) is 14.2 Å². The summed E-state index contributed by atoms with van der Waals surface area (Å²) in [4.78, 5) is 18.1. The fourth-order valence-electron chi connectivity index (χ4n) is 4.96. The standard InChI is InChI=1S/C30H41FN2O4/c1-23(2)21-36-28-9-5-24(6-10-28)19-30(34)33(20-25-3-7-26(31)8-4-25)27-11-15-32(16-12-27)17-13-29-14-18-35-22-37-29/h3-10,23,27,29H,11-22H2,1-2H3. The van der Waals surface area contributed by atoms with Crippen LogP contribution in [0.5, 0.6) is 5.75 Å². The maximum atomic E-state index is 13.6. The summed E-state index contributed by atoms with van der Waals surface area (Å²) in [6.45, 7) is 9.52. The molecule has 0 aliphatic carbocycles. The first-order valence-electron chi connectivity index (χ1n) is 13.6. The molecule has 1 unspecified atom stereocenters. The summed E-state index contributed by atoms with van der Waals surface area (Å²) in [7, 11) is 0. The first-order valence-corrected chi connectivity index (χ1v) is 13.6. The van der Waals surface area contributed by atoms with Crippen LogP contribution in [0.15, 0.2) is 48.5 Å². The van der Waals surface area contributed by atoms with Gasteiger partial charge >= 0.3 is 0 Å². The lowest BCUT2D eigenvalue weighted by Crippen LogP contribution is -2.48. The Labute approximate surface area is 220 Å². The Bertz CT molecular complexity index is 953. The van der Waals surface area contributed by atoms with Crippen LogP contribution in [0.1, 0.15) is 50.7 Å². The van der Waals surface area contributed by atoms with Gasteiger partial charge in [-0.3, -0.25) is 4.79 Å². The number of benzene rings is 2. The van der Waals surface area contributed by atoms with E-state index in [0.717, 1.165) is 68.8 Å². The number of ether oxygens (including phenoxy) is 3. The summed E-state index contributed by atoms with van der Waals surface area (Å²) in [5, 5.41) is 0. The van der Waals surface area contributed by atoms with Crippen molar-refractivity contribution in [2.75, 3.05) is 39.6 Å². The van der Waals surface area contributed by atoms with Crippen molar-refractivity contribution in [2.24, 2.45) is 5.92 Å². The Morgan fingerprint density at radius 3 is 2.41 bits per heavy atom. The Balaban J connectivity index is 1.35. The van der Waals surface area contributed by atoms with E-state index >= 15 is 0 Å². The maximum Gasteiger partial charge on any atom is 0.227 e. The average molecular weight is 513 g/mol. The van der Waals surface area contributed by atoms with Gasteiger partial charge < -0.3 is 24.0 Å². The predicted molar refractivity (Wildman–Crippen MR) is 142 cm³/mol. The van der Waals surface area contributed by atoms with Gasteiger partial charge in [0.05, 0.1) is 25.7 Å². The third kappa shape index (κ3) is 8.80. The zero-order valence-corrected chi connectivity index (χ0v) is 22.2. The van der Waals surface area contributed by atoms with Gasteiger partial charge in [0.15, 0.2) is 0 Å². The van der Waals surface area contributed by atoms with Crippen molar-refractivity contribution in [2.45, 2.75) is 64.6 Å². The Kier molecular flexibility index (Phi) is 10.3. The third-order valence-corrected chi connectivity index (χ3v) is 7.18. The smallest absolute Gasteiger partial charge is 0.227 e. The van der Waals surface area contributed by atoms with Crippen molar-refractivity contribution in [1.29, 1.82) is 0 Å². The number of hydrogen-bond donors (Lipinski definition) is 0. The summed E-state index contributed by atoms with van der Waals surface area (Å²) in [6, 6.07) is 14.5. The molecule has 2 aliphatic heterocycles. The van der Waals surface area contributed by atoms with Crippen molar-refractivity contribution in [1.82, 2.24) is 9.80 Å². The van der Waals surface area contributed by atoms with Crippen LogP contribution in [-0.2, 0) is 27.2 Å². The van der Waals surface area contributed by atoms with Crippen molar-refractivity contribution >= 4 is 5.91 Å². The summed E-state index contributed by atoms with van der Waals surface area (Å²) < 4.78 is 30.2. The molecule has 0 saturated carbocycles. The number of halogens is 1. The molecule has 1 amide bonds. The minimum absolute atomic E-state index is 0.106. The predicted octanol–water partition coefficient (Wildman–Crippen LogP) is 5.05. The van der Waals surface area contributed by atoms with Crippen LogP contribution >= 0.6 is 0 Å². The van der Waals surface area contributed by atoms with Crippen molar-refractivity contribution in [3.8, 4) is 5.75 Å². The van der Waals surface area contributed by atoms with Gasteiger partial charge in [0, 0.05) is 32.2 Å². The number of hydrogen-bond acceptors (Lipinski definition) is 5. The molecule has 0 spiro atoms. The molecule has 2 saturated heterocycles. The van der Waals surface area contributed by atoms with E-state index < -0.39 is 0 Å². The fraction of sp³-hybridized carbons (Fsp3) is 0.567. The molecule has 0 aromatic heterocycles. The quantitative estimate of drug-likeness (QED) is 0.422. The Morgan fingerprint density at radius 1 is 1.05 bits per heavy atom. The SMILES string of the molecule is CC(C)COc1ccc(CC(=O)N(Cc2ccc(F)cc2)C2CCN(CCC3CCOCO3)CC2)cc1. The molecule has 2 aliphatic rings. The Morgan fingerprint density at radius 2 is 1.76 bits per heavy atom. The molecular formula is C30H41FN2O4. The molecule has 2 aromatic carbocycles. The van der Waals surface area contributed by atoms with E-state index in [0.29, 0.717) is 32.3 Å². The second kappa shape index (κ2) is 13.9. The molecule has 0 N–H and O–H groups in total. The first-order chi connectivity index (χ1) is 18.0. The zero-order chi connectivity index (χ0) is 26.0. The van der Waals surface area contributed by atoms with Gasteiger partial charge in [-0.15, -0.1) is 0 Å². The van der Waals surface area contributed by atoms with Crippen LogP contribution in [0, 0.1) is 11.7 Å². The molecule has 2 fully saturated rings. The second-order valence-electron chi connectivity index (χ2n) is 10.6. The summed E-state index contributed by atoms with van der Waals surface area (Å²) >= 11 is 0. The molecule has 2 aromatic rings. The second-order valence-corrected chi connectivity index (χ2v) is 10.6. The molecule has 1 atom stereocenters. The van der Waals surface area contributed by atoms with Crippen LogP contribution in [0.25, 0.3) is 0 Å². The van der Waals surface area contributed by atoms with Gasteiger partial charge in [0.25, 0.3) is 0 Å². The van der Waals surface area contributed by atoms with Gasteiger partial charge in [0.1, 0.15) is 18.4 Å². The number of carbonyl (C=O) groups excluding carboxylic acids is 1. The third-order valence-electron chi connectivity index (χ3n) is 7.18. The van der Waals surface area contributed by atoms with E-state index in [-0.39, 0.29) is 23.9 Å². The topological polar surface area (TPSA) is 51.2 Å². The van der Waals surface area contributed by atoms with Crippen LogP contribution in [-0.4, -0.2) is 67.5 Å². The lowest BCUT2D eigenvalue weighted by molar-refractivity contribution is -0.142. The summed E-state index contributed by atoms with van der Waals surface area (Å²) in [5.74, 6) is 1.13. The van der Waals surface area contributed by atoms with E-state index in [2.05, 4.69) is 18.7 Å². The van der Waals surface area contributed by atoms with E-state index in [1.54, 1.807) is 12.1 Å². The number of piperidine rings is 1. The number of likely N-dealkylation sites (tertiary alicyclic amines) is 1. The van der Waals surface area contributed by atoms with Gasteiger partial charge in [-0.05, 0) is 67.0 Å². The summed E-state index contributed by atoms with van der Waals surface area (Å²) in [6.07, 6.45) is 4.47. The lowest BCUT2D eigenvalue weighted by atomic mass is 10.00. The molecule has 202 valence electrons. The summed E-state index contributed by atoms with van der Waals surface area (Å²) in [5.41, 5.74) is 1.92. The molecule has 37 heavy (non-hydrogen) atoms. The van der Waals surface area contributed by atoms with Crippen molar-refractivity contribution < 1.29 is 23.4 Å². The van der Waals surface area contributed by atoms with Gasteiger partial charge in [-0.2, -0.15) is 0 Å². The Hall–Kier alpha value is -2.48. The molecule has 7 heteroatoms. The van der Waals surface area contributed by atoms with Crippen LogP contribution < -0.4 is 4.74 Å². The van der Waals surface area contributed by atoms with Crippen LogP contribution in [0.2, 0.25) is 0 Å². The fourth-order valence-corrected chi connectivity index (χ4v) is 4.96. The normalized spacial score (nSPS) is 19.2. The highest BCUT2D eigenvalue weighted by Crippen LogP contribution is 2.23. The highest BCUT2D eigenvalue weighted by atomic mass is 19.1. The van der Waals surface area contributed by atoms with Gasteiger partial charge in [-0.1, -0.05) is 38.1 Å². The zero-order valence-electron chi connectivity index (χ0n) is 22.2. The molecule has 0 radical (unpaired) electrons. The number of amides is 1. The molecule has 2 heterocycles. The monoisotopic (exact) mass is 512 g/mol. The number of carbonyl (C=O) groups is 1. The highest BCUT2D eigenvalue weighted by molar-refractivity contribution is 5.79. The maximum absolute atomic E-state index is 13.6. The number of rotatable bonds is 11. The number of nitrogens with zero attached hydrogens (tertiary/aromatic N) is 2. The van der Waals surface area contributed by atoms with Crippen molar-refractivity contribution in [3.05, 3.63) is 65.5 Å². The van der Waals surface area contributed by atoms with E-state index in [1.165, 1.54) is 12.1 Å². The minimum Gasteiger partial charge on any atom is -0.493 e. The van der Waals surface area contributed by atoms with Gasteiger partial charge in [0.2, 0.25) is 5.91 Å². The van der Waals surface area contributed by atoms with Crippen LogP contribution in [0.3, 0.4) is 0 Å².